The molecule has 1 aliphatic rings. The molecular formula is C20H19FN4O. The fourth-order valence-corrected chi connectivity index (χ4v) is 3.57. The molecule has 3 aromatic rings. The number of hydrogen-bond acceptors (Lipinski definition) is 3. The van der Waals surface area contributed by atoms with Crippen molar-refractivity contribution in [3.05, 3.63) is 72.1 Å². The number of aromatic amines is 1. The van der Waals surface area contributed by atoms with Crippen LogP contribution in [-0.2, 0) is 0 Å². The fourth-order valence-electron chi connectivity index (χ4n) is 3.57. The molecule has 6 heteroatoms. The number of nitrogens with zero attached hydrogens (tertiary/aromatic N) is 3. The Morgan fingerprint density at radius 3 is 2.85 bits per heavy atom. The van der Waals surface area contributed by atoms with Gasteiger partial charge >= 0.3 is 0 Å². The van der Waals surface area contributed by atoms with Gasteiger partial charge in [-0.15, -0.1) is 0 Å². The predicted molar refractivity (Wildman–Crippen MR) is 95.8 cm³/mol. The zero-order chi connectivity index (χ0) is 17.9. The summed E-state index contributed by atoms with van der Waals surface area (Å²) in [5, 5.41) is 7.29. The average Bonchev–Trinajstić information content (AvgIpc) is 3.18. The van der Waals surface area contributed by atoms with Crippen LogP contribution in [0.1, 0.15) is 41.4 Å². The summed E-state index contributed by atoms with van der Waals surface area (Å²) in [6.45, 7) is 0.648. The summed E-state index contributed by atoms with van der Waals surface area (Å²) in [7, 11) is 0. The molecule has 1 saturated heterocycles. The van der Waals surface area contributed by atoms with Crippen molar-refractivity contribution in [3.63, 3.8) is 0 Å². The molecule has 2 aromatic heterocycles. The van der Waals surface area contributed by atoms with Crippen molar-refractivity contribution < 1.29 is 9.18 Å². The van der Waals surface area contributed by atoms with Gasteiger partial charge in [0.25, 0.3) is 5.91 Å². The molecule has 4 rings (SSSR count). The number of carbonyl (C=O) groups is 1. The second-order valence-electron chi connectivity index (χ2n) is 6.45. The van der Waals surface area contributed by atoms with E-state index in [4.69, 9.17) is 0 Å². The van der Waals surface area contributed by atoms with Gasteiger partial charge in [-0.3, -0.25) is 14.9 Å². The highest BCUT2D eigenvalue weighted by Gasteiger charge is 2.31. The number of H-pyrrole nitrogens is 1. The number of carbonyl (C=O) groups excluding carboxylic acids is 1. The van der Waals surface area contributed by atoms with Crippen molar-refractivity contribution in [2.45, 2.75) is 25.3 Å². The maximum Gasteiger partial charge on any atom is 0.254 e. The molecule has 1 aromatic carbocycles. The van der Waals surface area contributed by atoms with Crippen LogP contribution < -0.4 is 0 Å². The number of halogens is 1. The molecule has 1 atom stereocenters. The third-order valence-electron chi connectivity index (χ3n) is 4.83. The van der Waals surface area contributed by atoms with Gasteiger partial charge in [0.1, 0.15) is 5.82 Å². The number of likely N-dealkylation sites (tertiary alicyclic amines) is 1. The maximum atomic E-state index is 13.6. The fraction of sp³-hybridized carbons (Fsp3) is 0.250. The molecule has 1 aliphatic heterocycles. The highest BCUT2D eigenvalue weighted by Crippen LogP contribution is 2.36. The first-order valence-electron chi connectivity index (χ1n) is 8.74. The molecule has 1 fully saturated rings. The summed E-state index contributed by atoms with van der Waals surface area (Å²) in [5.74, 6) is -0.548. The number of piperidine rings is 1. The Hall–Kier alpha value is -3.02. The van der Waals surface area contributed by atoms with Crippen molar-refractivity contribution in [2.75, 3.05) is 6.54 Å². The van der Waals surface area contributed by atoms with Crippen LogP contribution in [0, 0.1) is 5.82 Å². The first-order chi connectivity index (χ1) is 12.7. The Morgan fingerprint density at radius 1 is 1.19 bits per heavy atom. The van der Waals surface area contributed by atoms with Gasteiger partial charge in [0, 0.05) is 30.1 Å². The van der Waals surface area contributed by atoms with Crippen molar-refractivity contribution in [3.8, 4) is 11.1 Å². The molecule has 0 saturated carbocycles. The van der Waals surface area contributed by atoms with E-state index in [1.165, 1.54) is 12.1 Å². The molecule has 0 radical (unpaired) electrons. The third-order valence-corrected chi connectivity index (χ3v) is 4.83. The van der Waals surface area contributed by atoms with Crippen LogP contribution in [0.4, 0.5) is 4.39 Å². The molecule has 1 amide bonds. The van der Waals surface area contributed by atoms with Crippen LogP contribution in [0.5, 0.6) is 0 Å². The van der Waals surface area contributed by atoms with E-state index in [-0.39, 0.29) is 11.9 Å². The monoisotopic (exact) mass is 350 g/mol. The molecule has 0 spiro atoms. The molecule has 1 N–H and O–H groups in total. The first kappa shape index (κ1) is 16.4. The average molecular weight is 350 g/mol. The van der Waals surface area contributed by atoms with Gasteiger partial charge in [-0.1, -0.05) is 6.07 Å². The quantitative estimate of drug-likeness (QED) is 0.777. The lowest BCUT2D eigenvalue weighted by Gasteiger charge is -2.35. The van der Waals surface area contributed by atoms with E-state index in [0.717, 1.165) is 36.1 Å². The van der Waals surface area contributed by atoms with Crippen LogP contribution in [0.2, 0.25) is 0 Å². The zero-order valence-corrected chi connectivity index (χ0v) is 14.2. The second kappa shape index (κ2) is 7.07. The molecule has 26 heavy (non-hydrogen) atoms. The van der Waals surface area contributed by atoms with Gasteiger partial charge in [-0.25, -0.2) is 4.39 Å². The van der Waals surface area contributed by atoms with Gasteiger partial charge in [0.2, 0.25) is 0 Å². The maximum absolute atomic E-state index is 13.6. The van der Waals surface area contributed by atoms with Crippen LogP contribution in [-0.4, -0.2) is 32.5 Å². The third kappa shape index (κ3) is 3.10. The molecule has 3 heterocycles. The Kier molecular flexibility index (Phi) is 4.48. The molecule has 0 bridgehead atoms. The van der Waals surface area contributed by atoms with E-state index < -0.39 is 5.82 Å². The lowest BCUT2D eigenvalue weighted by atomic mass is 9.94. The molecule has 0 unspecified atom stereocenters. The number of rotatable bonds is 3. The van der Waals surface area contributed by atoms with E-state index in [1.54, 1.807) is 30.7 Å². The van der Waals surface area contributed by atoms with E-state index >= 15 is 0 Å². The lowest BCUT2D eigenvalue weighted by Crippen LogP contribution is -2.39. The Balaban J connectivity index is 1.69. The van der Waals surface area contributed by atoms with E-state index in [2.05, 4.69) is 15.2 Å². The van der Waals surface area contributed by atoms with Gasteiger partial charge < -0.3 is 4.90 Å². The summed E-state index contributed by atoms with van der Waals surface area (Å²) in [4.78, 5) is 18.9. The predicted octanol–water partition coefficient (Wildman–Crippen LogP) is 3.98. The van der Waals surface area contributed by atoms with Crippen molar-refractivity contribution >= 4 is 5.91 Å². The minimum Gasteiger partial charge on any atom is -0.330 e. The van der Waals surface area contributed by atoms with Gasteiger partial charge in [-0.05, 0) is 55.2 Å². The summed E-state index contributed by atoms with van der Waals surface area (Å²) in [6, 6.07) is 9.62. The minimum absolute atomic E-state index is 0.106. The van der Waals surface area contributed by atoms with Crippen LogP contribution >= 0.6 is 0 Å². The molecule has 5 nitrogen and oxygen atoms in total. The standard InChI is InChI=1S/C20H19FN4O/c21-16-5-3-4-15(12-16)20(26)25-11-2-1-6-18(25)19-17(13-23-24-19)14-7-9-22-10-8-14/h3-5,7-10,12-13,18H,1-2,6,11H2,(H,23,24)/t18-/m1/s1. The smallest absolute Gasteiger partial charge is 0.254 e. The second-order valence-corrected chi connectivity index (χ2v) is 6.45. The summed E-state index contributed by atoms with van der Waals surface area (Å²) in [5.41, 5.74) is 3.27. The number of nitrogens with one attached hydrogen (secondary N) is 1. The highest BCUT2D eigenvalue weighted by molar-refractivity contribution is 5.94. The van der Waals surface area contributed by atoms with Gasteiger partial charge in [-0.2, -0.15) is 5.10 Å². The van der Waals surface area contributed by atoms with E-state index in [0.29, 0.717) is 12.1 Å². The van der Waals surface area contributed by atoms with Crippen LogP contribution in [0.15, 0.2) is 55.0 Å². The van der Waals surface area contributed by atoms with Crippen molar-refractivity contribution in [2.24, 2.45) is 0 Å². The summed E-state index contributed by atoms with van der Waals surface area (Å²) < 4.78 is 13.6. The van der Waals surface area contributed by atoms with Crippen LogP contribution in [0.3, 0.4) is 0 Å². The lowest BCUT2D eigenvalue weighted by molar-refractivity contribution is 0.0606. The SMILES string of the molecule is O=C(c1cccc(F)c1)N1CCCC[C@@H]1c1[nH]ncc1-c1ccncc1. The van der Waals surface area contributed by atoms with Crippen molar-refractivity contribution in [1.82, 2.24) is 20.1 Å². The minimum atomic E-state index is -0.400. The van der Waals surface area contributed by atoms with Gasteiger partial charge in [0.15, 0.2) is 0 Å². The number of amides is 1. The summed E-state index contributed by atoms with van der Waals surface area (Å²) in [6.07, 6.45) is 8.08. The van der Waals surface area contributed by atoms with E-state index in [9.17, 15) is 9.18 Å². The molecule has 0 aliphatic carbocycles. The molecule has 132 valence electrons. The van der Waals surface area contributed by atoms with Crippen LogP contribution in [0.25, 0.3) is 11.1 Å². The Bertz CT molecular complexity index is 909. The topological polar surface area (TPSA) is 61.9 Å². The summed E-state index contributed by atoms with van der Waals surface area (Å²) >= 11 is 0. The normalized spacial score (nSPS) is 17.3. The Labute approximate surface area is 150 Å². The largest absolute Gasteiger partial charge is 0.330 e. The Morgan fingerprint density at radius 2 is 2.04 bits per heavy atom. The number of benzene rings is 1. The number of pyridine rings is 1. The molecular weight excluding hydrogens is 331 g/mol. The first-order valence-corrected chi connectivity index (χ1v) is 8.74. The zero-order valence-electron chi connectivity index (χ0n) is 14.2. The van der Waals surface area contributed by atoms with E-state index in [1.807, 2.05) is 17.0 Å². The van der Waals surface area contributed by atoms with Gasteiger partial charge in [0.05, 0.1) is 17.9 Å². The van der Waals surface area contributed by atoms with Crippen molar-refractivity contribution in [1.29, 1.82) is 0 Å². The number of aromatic nitrogens is 3. The highest BCUT2D eigenvalue weighted by atomic mass is 19.1. The number of hydrogen-bond donors (Lipinski definition) is 1.